The SMILES string of the molecule is CSN(C)C1CCN(c2cccc(-c3ccc4nc(-c5cccnc5N)n(-c5ccc(C6(NC(=O)OC(C)(C)C)CCC6)cc5)c4n3)c2F)CC1. The second-order valence-corrected chi connectivity index (χ2v) is 15.4. The number of anilines is 2. The van der Waals surface area contributed by atoms with Crippen LogP contribution in [0.25, 0.3) is 39.5 Å². The number of hydrogen-bond donors (Lipinski definition) is 2. The van der Waals surface area contributed by atoms with Gasteiger partial charge in [0.05, 0.1) is 22.5 Å². The van der Waals surface area contributed by atoms with E-state index in [1.165, 1.54) is 0 Å². The molecule has 0 spiro atoms. The molecule has 51 heavy (non-hydrogen) atoms. The number of nitrogens with two attached hydrogens (primary N) is 1. The van der Waals surface area contributed by atoms with Crippen LogP contribution in [-0.4, -0.2) is 68.0 Å². The lowest BCUT2D eigenvalue weighted by Crippen LogP contribution is -2.52. The van der Waals surface area contributed by atoms with Crippen LogP contribution in [0.2, 0.25) is 0 Å². The number of carbonyl (C=O) groups is 1. The van der Waals surface area contributed by atoms with Gasteiger partial charge >= 0.3 is 6.09 Å². The Morgan fingerprint density at radius 1 is 1.02 bits per heavy atom. The molecule has 4 heterocycles. The fourth-order valence-electron chi connectivity index (χ4n) is 7.17. The Bertz CT molecular complexity index is 2050. The maximum atomic E-state index is 16.4. The molecule has 7 rings (SSSR count). The normalized spacial score (nSPS) is 16.3. The summed E-state index contributed by atoms with van der Waals surface area (Å²) in [6, 6.07) is 21.5. The van der Waals surface area contributed by atoms with Crippen LogP contribution >= 0.6 is 11.9 Å². The predicted molar refractivity (Wildman–Crippen MR) is 203 cm³/mol. The molecule has 2 aliphatic rings. The minimum atomic E-state index is -0.593. The number of pyridine rings is 2. The molecule has 2 fully saturated rings. The molecule has 3 aromatic heterocycles. The van der Waals surface area contributed by atoms with E-state index in [0.717, 1.165) is 56.4 Å². The van der Waals surface area contributed by atoms with Crippen LogP contribution in [0.4, 0.5) is 20.7 Å². The smallest absolute Gasteiger partial charge is 0.408 e. The lowest BCUT2D eigenvalue weighted by atomic mass is 9.72. The van der Waals surface area contributed by atoms with Crippen LogP contribution in [0.1, 0.15) is 58.4 Å². The van der Waals surface area contributed by atoms with Gasteiger partial charge in [0.1, 0.15) is 16.9 Å². The Hall–Kier alpha value is -4.68. The van der Waals surface area contributed by atoms with Crippen LogP contribution in [-0.2, 0) is 10.3 Å². The molecule has 266 valence electrons. The summed E-state index contributed by atoms with van der Waals surface area (Å²) in [6.45, 7) is 7.15. The van der Waals surface area contributed by atoms with E-state index in [1.807, 2.05) is 86.0 Å². The van der Waals surface area contributed by atoms with Gasteiger partial charge in [-0.1, -0.05) is 30.1 Å². The maximum absolute atomic E-state index is 16.4. The molecule has 0 unspecified atom stereocenters. The molecule has 1 aliphatic carbocycles. The lowest BCUT2D eigenvalue weighted by molar-refractivity contribution is 0.0377. The monoisotopic (exact) mass is 708 g/mol. The number of nitrogens with zero attached hydrogens (tertiary/aromatic N) is 6. The van der Waals surface area contributed by atoms with Crippen molar-refractivity contribution in [3.05, 3.63) is 84.3 Å². The average molecular weight is 709 g/mol. The van der Waals surface area contributed by atoms with Gasteiger partial charge in [-0.25, -0.2) is 24.1 Å². The van der Waals surface area contributed by atoms with E-state index in [0.29, 0.717) is 51.4 Å². The number of ether oxygens (including phenoxy) is 1. The zero-order valence-corrected chi connectivity index (χ0v) is 30.6. The molecular formula is C39H45FN8O2S. The summed E-state index contributed by atoms with van der Waals surface area (Å²) in [6.07, 6.45) is 7.90. The largest absolute Gasteiger partial charge is 0.444 e. The highest BCUT2D eigenvalue weighted by atomic mass is 32.2. The van der Waals surface area contributed by atoms with Gasteiger partial charge in [0, 0.05) is 36.6 Å². The van der Waals surface area contributed by atoms with E-state index >= 15 is 4.39 Å². The van der Waals surface area contributed by atoms with Gasteiger partial charge < -0.3 is 20.7 Å². The number of fused-ring (bicyclic) bond motifs is 1. The Kier molecular flexibility index (Phi) is 9.40. The number of benzene rings is 2. The highest BCUT2D eigenvalue weighted by Gasteiger charge is 2.41. The van der Waals surface area contributed by atoms with E-state index in [-0.39, 0.29) is 5.82 Å². The maximum Gasteiger partial charge on any atom is 0.408 e. The average Bonchev–Trinajstić information content (AvgIpc) is 3.48. The molecule has 5 aromatic rings. The van der Waals surface area contributed by atoms with Crippen molar-refractivity contribution in [1.82, 2.24) is 29.1 Å². The molecule has 12 heteroatoms. The van der Waals surface area contributed by atoms with E-state index in [2.05, 4.69) is 32.8 Å². The molecule has 1 saturated carbocycles. The van der Waals surface area contributed by atoms with Gasteiger partial charge in [-0.2, -0.15) is 0 Å². The van der Waals surface area contributed by atoms with Gasteiger partial charge in [-0.05, 0) is 120 Å². The van der Waals surface area contributed by atoms with Crippen LogP contribution in [0.15, 0.2) is 72.9 Å². The Morgan fingerprint density at radius 2 is 1.75 bits per heavy atom. The molecule has 2 aromatic carbocycles. The first-order valence-corrected chi connectivity index (χ1v) is 18.7. The third kappa shape index (κ3) is 6.86. The highest BCUT2D eigenvalue weighted by molar-refractivity contribution is 7.96. The quantitative estimate of drug-likeness (QED) is 0.155. The third-order valence-electron chi connectivity index (χ3n) is 10.1. The second-order valence-electron chi connectivity index (χ2n) is 14.4. The van der Waals surface area contributed by atoms with Gasteiger partial charge in [-0.3, -0.25) is 8.87 Å². The number of piperidine rings is 1. The van der Waals surface area contributed by atoms with Gasteiger partial charge in [0.2, 0.25) is 0 Å². The number of amides is 1. The summed E-state index contributed by atoms with van der Waals surface area (Å²) < 4.78 is 26.2. The van der Waals surface area contributed by atoms with Gasteiger partial charge in [0.15, 0.2) is 17.3 Å². The zero-order valence-electron chi connectivity index (χ0n) is 29.8. The van der Waals surface area contributed by atoms with Crippen molar-refractivity contribution < 1.29 is 13.9 Å². The van der Waals surface area contributed by atoms with Crippen molar-refractivity contribution in [3.8, 4) is 28.3 Å². The van der Waals surface area contributed by atoms with E-state index in [4.69, 9.17) is 20.4 Å². The van der Waals surface area contributed by atoms with Crippen molar-refractivity contribution >= 4 is 40.7 Å². The number of nitrogens with one attached hydrogen (secondary N) is 1. The summed E-state index contributed by atoms with van der Waals surface area (Å²) in [5.74, 6) is 0.633. The minimum absolute atomic E-state index is 0.281. The topological polar surface area (TPSA) is 114 Å². The molecule has 3 N–H and O–H groups in total. The number of hydrogen-bond acceptors (Lipinski definition) is 9. The third-order valence-corrected chi connectivity index (χ3v) is 10.9. The summed E-state index contributed by atoms with van der Waals surface area (Å²) in [5.41, 5.74) is 10.5. The first kappa shape index (κ1) is 34.8. The summed E-state index contributed by atoms with van der Waals surface area (Å²) in [5, 5.41) is 3.14. The Labute approximate surface area is 302 Å². The number of rotatable bonds is 8. The highest BCUT2D eigenvalue weighted by Crippen LogP contribution is 2.42. The van der Waals surface area contributed by atoms with E-state index in [1.54, 1.807) is 24.2 Å². The van der Waals surface area contributed by atoms with Crippen molar-refractivity contribution in [1.29, 1.82) is 0 Å². The predicted octanol–water partition coefficient (Wildman–Crippen LogP) is 7.95. The molecule has 0 radical (unpaired) electrons. The van der Waals surface area contributed by atoms with Crippen LogP contribution < -0.4 is 16.0 Å². The van der Waals surface area contributed by atoms with Crippen molar-refractivity contribution in [2.45, 2.75) is 70.1 Å². The summed E-state index contributed by atoms with van der Waals surface area (Å²) in [4.78, 5) is 29.3. The first-order valence-electron chi connectivity index (χ1n) is 17.5. The molecule has 10 nitrogen and oxygen atoms in total. The molecule has 1 saturated heterocycles. The Balaban J connectivity index is 1.27. The number of halogens is 1. The second kappa shape index (κ2) is 13.8. The van der Waals surface area contributed by atoms with E-state index < -0.39 is 17.2 Å². The van der Waals surface area contributed by atoms with Crippen LogP contribution in [0.3, 0.4) is 0 Å². The lowest BCUT2D eigenvalue weighted by Gasteiger charge is -2.43. The Morgan fingerprint density at radius 3 is 2.39 bits per heavy atom. The molecule has 1 aliphatic heterocycles. The van der Waals surface area contributed by atoms with Crippen molar-refractivity contribution in [3.63, 3.8) is 0 Å². The zero-order chi connectivity index (χ0) is 35.9. The number of imidazole rings is 1. The van der Waals surface area contributed by atoms with Crippen LogP contribution in [0.5, 0.6) is 0 Å². The number of carbonyl (C=O) groups excluding carboxylic acids is 1. The molecular weight excluding hydrogens is 664 g/mol. The first-order chi connectivity index (χ1) is 24.5. The fraction of sp³-hybridized carbons (Fsp3) is 0.385. The molecule has 0 bridgehead atoms. The minimum Gasteiger partial charge on any atom is -0.444 e. The number of aromatic nitrogens is 4. The standard InChI is InChI=1S/C39H45FN8O2S/c1-38(2,3)50-37(49)45-39(20-8-21-39)25-12-14-27(15-13-25)48-35(29-10-7-22-42-34(29)41)44-31-17-16-30(43-36(31)48)28-9-6-11-32(33(28)40)47-23-18-26(19-24-47)46(4)51-5/h6-7,9-17,22,26H,8,18-21,23-24H2,1-5H3,(H2,41,42)(H,45,49). The number of nitrogen functional groups attached to an aromatic ring is 1. The van der Waals surface area contributed by atoms with Gasteiger partial charge in [-0.15, -0.1) is 0 Å². The summed E-state index contributed by atoms with van der Waals surface area (Å²) >= 11 is 1.74. The van der Waals surface area contributed by atoms with Crippen LogP contribution in [0, 0.1) is 5.82 Å². The van der Waals surface area contributed by atoms with E-state index in [9.17, 15) is 4.79 Å². The number of alkyl carbamates (subject to hydrolysis) is 1. The fourth-order valence-corrected chi connectivity index (χ4v) is 7.67. The van der Waals surface area contributed by atoms with Gasteiger partial charge in [0.25, 0.3) is 0 Å². The molecule has 1 amide bonds. The van der Waals surface area contributed by atoms with Crippen molar-refractivity contribution in [2.75, 3.05) is 37.0 Å². The summed E-state index contributed by atoms with van der Waals surface area (Å²) in [7, 11) is 2.12. The van der Waals surface area contributed by atoms with Crippen molar-refractivity contribution in [2.24, 2.45) is 0 Å². The molecule has 0 atom stereocenters.